The average Bonchev–Trinajstić information content (AvgIpc) is 2.72. The van der Waals surface area contributed by atoms with E-state index in [0.29, 0.717) is 11.4 Å². The number of nitrogens with zero attached hydrogens (tertiary/aromatic N) is 1. The van der Waals surface area contributed by atoms with E-state index < -0.39 is 11.8 Å². The molecule has 0 spiro atoms. The Labute approximate surface area is 170 Å². The van der Waals surface area contributed by atoms with E-state index in [1.54, 1.807) is 19.1 Å². The second-order valence-corrected chi connectivity index (χ2v) is 6.53. The van der Waals surface area contributed by atoms with Crippen molar-refractivity contribution in [2.75, 3.05) is 10.6 Å². The van der Waals surface area contributed by atoms with E-state index in [1.165, 1.54) is 0 Å². The molecule has 152 valence electrons. The van der Waals surface area contributed by atoms with Crippen molar-refractivity contribution in [3.63, 3.8) is 0 Å². The molecule has 0 aromatic heterocycles. The Hall–Kier alpha value is -3.48. The lowest BCUT2D eigenvalue weighted by Crippen LogP contribution is -2.33. The molecule has 0 radical (unpaired) electrons. The second kappa shape index (κ2) is 10.8. The summed E-state index contributed by atoms with van der Waals surface area (Å²) in [5, 5.41) is 9.17. The Bertz CT molecular complexity index is 905. The highest BCUT2D eigenvalue weighted by atomic mass is 16.2. The summed E-state index contributed by atoms with van der Waals surface area (Å²) in [5.74, 6) is -1.98. The molecule has 0 aliphatic rings. The van der Waals surface area contributed by atoms with E-state index in [0.717, 1.165) is 29.7 Å². The first-order chi connectivity index (χ1) is 13.9. The zero-order valence-electron chi connectivity index (χ0n) is 16.9. The van der Waals surface area contributed by atoms with Crippen molar-refractivity contribution in [1.82, 2.24) is 5.43 Å². The molecule has 2 aromatic carbocycles. The SMILES string of the molecule is CCc1ccc(NC(=O)C(=O)NN=C(C)CC(=O)Nc2ccccc2CC)cc1. The number of amides is 3. The summed E-state index contributed by atoms with van der Waals surface area (Å²) < 4.78 is 0. The quantitative estimate of drug-likeness (QED) is 0.382. The molecule has 0 heterocycles. The highest BCUT2D eigenvalue weighted by Crippen LogP contribution is 2.15. The number of nitrogens with one attached hydrogen (secondary N) is 3. The fourth-order valence-electron chi connectivity index (χ4n) is 2.63. The van der Waals surface area contributed by atoms with Crippen LogP contribution in [0.4, 0.5) is 11.4 Å². The van der Waals surface area contributed by atoms with Crippen LogP contribution in [0.1, 0.15) is 38.3 Å². The number of aryl methyl sites for hydroxylation is 2. The standard InChI is InChI=1S/C22H26N4O3/c1-4-16-10-12-18(13-11-16)23-21(28)22(29)26-25-15(3)14-20(27)24-19-9-7-6-8-17(19)5-2/h6-13H,4-5,14H2,1-3H3,(H,23,28)(H,24,27)(H,26,29). The molecule has 2 rings (SSSR count). The molecule has 0 aliphatic carbocycles. The summed E-state index contributed by atoms with van der Waals surface area (Å²) in [6.07, 6.45) is 1.69. The van der Waals surface area contributed by atoms with Crippen LogP contribution >= 0.6 is 0 Å². The molecular weight excluding hydrogens is 368 g/mol. The van der Waals surface area contributed by atoms with Crippen molar-refractivity contribution >= 4 is 34.8 Å². The van der Waals surface area contributed by atoms with Crippen molar-refractivity contribution in [3.8, 4) is 0 Å². The average molecular weight is 394 g/mol. The summed E-state index contributed by atoms with van der Waals surface area (Å²) in [5.41, 5.74) is 6.00. The minimum Gasteiger partial charge on any atom is -0.326 e. The number of hydrazone groups is 1. The predicted octanol–water partition coefficient (Wildman–Crippen LogP) is 3.27. The first-order valence-electron chi connectivity index (χ1n) is 9.54. The van der Waals surface area contributed by atoms with E-state index in [2.05, 4.69) is 21.2 Å². The van der Waals surface area contributed by atoms with Crippen LogP contribution in [0.5, 0.6) is 0 Å². The van der Waals surface area contributed by atoms with Crippen LogP contribution in [0, 0.1) is 0 Å². The maximum absolute atomic E-state index is 12.2. The maximum atomic E-state index is 12.2. The molecule has 0 saturated heterocycles. The van der Waals surface area contributed by atoms with Gasteiger partial charge in [-0.25, -0.2) is 5.43 Å². The van der Waals surface area contributed by atoms with Gasteiger partial charge in [0, 0.05) is 17.1 Å². The molecule has 7 heteroatoms. The summed E-state index contributed by atoms with van der Waals surface area (Å²) in [6, 6.07) is 14.8. The molecule has 3 amide bonds. The lowest BCUT2D eigenvalue weighted by atomic mass is 10.1. The Morgan fingerprint density at radius 1 is 0.862 bits per heavy atom. The first-order valence-corrected chi connectivity index (χ1v) is 9.54. The topological polar surface area (TPSA) is 99.7 Å². The summed E-state index contributed by atoms with van der Waals surface area (Å²) in [6.45, 7) is 5.65. The third-order valence-electron chi connectivity index (χ3n) is 4.26. The number of anilines is 2. The van der Waals surface area contributed by atoms with Crippen LogP contribution in [0.3, 0.4) is 0 Å². The fraction of sp³-hybridized carbons (Fsp3) is 0.273. The van der Waals surface area contributed by atoms with Gasteiger partial charge in [0.1, 0.15) is 0 Å². The lowest BCUT2D eigenvalue weighted by molar-refractivity contribution is -0.136. The van der Waals surface area contributed by atoms with Gasteiger partial charge in [0.2, 0.25) is 5.91 Å². The molecule has 3 N–H and O–H groups in total. The van der Waals surface area contributed by atoms with Crippen molar-refractivity contribution in [3.05, 3.63) is 59.7 Å². The van der Waals surface area contributed by atoms with Crippen molar-refractivity contribution in [1.29, 1.82) is 0 Å². The third kappa shape index (κ3) is 6.88. The molecule has 2 aromatic rings. The molecule has 0 atom stereocenters. The molecule has 0 aliphatic heterocycles. The van der Waals surface area contributed by atoms with Gasteiger partial charge in [-0.3, -0.25) is 14.4 Å². The van der Waals surface area contributed by atoms with E-state index in [1.807, 2.05) is 50.2 Å². The number of benzene rings is 2. The predicted molar refractivity (Wildman–Crippen MR) is 115 cm³/mol. The van der Waals surface area contributed by atoms with Gasteiger partial charge in [-0.1, -0.05) is 44.2 Å². The highest BCUT2D eigenvalue weighted by molar-refractivity contribution is 6.39. The van der Waals surface area contributed by atoms with Gasteiger partial charge in [-0.2, -0.15) is 5.10 Å². The van der Waals surface area contributed by atoms with E-state index in [-0.39, 0.29) is 12.3 Å². The highest BCUT2D eigenvalue weighted by Gasteiger charge is 2.14. The number of hydrogen-bond donors (Lipinski definition) is 3. The molecular formula is C22H26N4O3. The van der Waals surface area contributed by atoms with Crippen LogP contribution in [0.15, 0.2) is 53.6 Å². The minimum absolute atomic E-state index is 0.00156. The van der Waals surface area contributed by atoms with Gasteiger partial charge in [0.25, 0.3) is 0 Å². The van der Waals surface area contributed by atoms with Gasteiger partial charge in [0.15, 0.2) is 0 Å². The van der Waals surface area contributed by atoms with Crippen LogP contribution in [0.25, 0.3) is 0 Å². The van der Waals surface area contributed by atoms with Crippen LogP contribution < -0.4 is 16.1 Å². The van der Waals surface area contributed by atoms with Crippen LogP contribution in [0.2, 0.25) is 0 Å². The molecule has 29 heavy (non-hydrogen) atoms. The van der Waals surface area contributed by atoms with E-state index in [4.69, 9.17) is 0 Å². The van der Waals surface area contributed by atoms with Gasteiger partial charge in [0.05, 0.1) is 6.42 Å². The summed E-state index contributed by atoms with van der Waals surface area (Å²) in [7, 11) is 0. The summed E-state index contributed by atoms with van der Waals surface area (Å²) in [4.78, 5) is 36.0. The Morgan fingerprint density at radius 3 is 2.21 bits per heavy atom. The third-order valence-corrected chi connectivity index (χ3v) is 4.26. The summed E-state index contributed by atoms with van der Waals surface area (Å²) >= 11 is 0. The molecule has 0 unspecified atom stereocenters. The zero-order valence-corrected chi connectivity index (χ0v) is 16.9. The van der Waals surface area contributed by atoms with Crippen molar-refractivity contribution in [2.24, 2.45) is 5.10 Å². The molecule has 0 saturated carbocycles. The Balaban J connectivity index is 1.85. The van der Waals surface area contributed by atoms with Gasteiger partial charge in [-0.05, 0) is 49.1 Å². The first kappa shape index (κ1) is 21.8. The number of carbonyl (C=O) groups excluding carboxylic acids is 3. The molecule has 0 fully saturated rings. The lowest BCUT2D eigenvalue weighted by Gasteiger charge is -2.09. The van der Waals surface area contributed by atoms with E-state index >= 15 is 0 Å². The largest absolute Gasteiger partial charge is 0.329 e. The van der Waals surface area contributed by atoms with Crippen molar-refractivity contribution < 1.29 is 14.4 Å². The maximum Gasteiger partial charge on any atom is 0.329 e. The normalized spacial score (nSPS) is 10.9. The fourth-order valence-corrected chi connectivity index (χ4v) is 2.63. The van der Waals surface area contributed by atoms with E-state index in [9.17, 15) is 14.4 Å². The zero-order chi connectivity index (χ0) is 21.2. The molecule has 7 nitrogen and oxygen atoms in total. The van der Waals surface area contributed by atoms with Crippen LogP contribution in [-0.2, 0) is 27.2 Å². The molecule has 0 bridgehead atoms. The van der Waals surface area contributed by atoms with Gasteiger partial charge < -0.3 is 10.6 Å². The Morgan fingerprint density at radius 2 is 1.55 bits per heavy atom. The van der Waals surface area contributed by atoms with Crippen molar-refractivity contribution in [2.45, 2.75) is 40.0 Å². The Kier molecular flexibility index (Phi) is 8.09. The number of rotatable bonds is 7. The number of carbonyl (C=O) groups is 3. The minimum atomic E-state index is -0.902. The van der Waals surface area contributed by atoms with Gasteiger partial charge in [-0.15, -0.1) is 0 Å². The van der Waals surface area contributed by atoms with Crippen LogP contribution in [-0.4, -0.2) is 23.4 Å². The smallest absolute Gasteiger partial charge is 0.326 e. The number of hydrogen-bond acceptors (Lipinski definition) is 4. The number of para-hydroxylation sites is 1. The van der Waals surface area contributed by atoms with Gasteiger partial charge >= 0.3 is 11.8 Å². The monoisotopic (exact) mass is 394 g/mol. The second-order valence-electron chi connectivity index (χ2n) is 6.53.